The van der Waals surface area contributed by atoms with Crippen molar-refractivity contribution in [3.05, 3.63) is 0 Å². The minimum atomic E-state index is -0.803. The molecule has 0 bridgehead atoms. The van der Waals surface area contributed by atoms with Crippen LogP contribution in [0.1, 0.15) is 26.7 Å². The molecule has 4 heteroatoms. The van der Waals surface area contributed by atoms with E-state index < -0.39 is 5.54 Å². The number of ether oxygens (including phenoxy) is 1. The molecular formula is C9H14N2O2. The first-order valence-corrected chi connectivity index (χ1v) is 4.40. The van der Waals surface area contributed by atoms with Gasteiger partial charge in [0.1, 0.15) is 11.6 Å². The number of hydrogen-bond acceptors (Lipinski definition) is 3. The summed E-state index contributed by atoms with van der Waals surface area (Å²) in [6.07, 6.45) is 1.32. The van der Waals surface area contributed by atoms with E-state index in [0.717, 1.165) is 12.8 Å². The summed E-state index contributed by atoms with van der Waals surface area (Å²) in [6, 6.07) is 2.01. The highest BCUT2D eigenvalue weighted by atomic mass is 16.5. The van der Waals surface area contributed by atoms with Crippen molar-refractivity contribution in [2.75, 3.05) is 6.61 Å². The van der Waals surface area contributed by atoms with E-state index in [2.05, 4.69) is 5.32 Å². The summed E-state index contributed by atoms with van der Waals surface area (Å²) in [4.78, 5) is 11.4. The van der Waals surface area contributed by atoms with Gasteiger partial charge in [0.15, 0.2) is 0 Å². The zero-order valence-corrected chi connectivity index (χ0v) is 7.96. The van der Waals surface area contributed by atoms with Crippen molar-refractivity contribution in [2.45, 2.75) is 38.3 Å². The van der Waals surface area contributed by atoms with Crippen LogP contribution in [-0.2, 0) is 9.53 Å². The van der Waals surface area contributed by atoms with Crippen LogP contribution in [0.25, 0.3) is 0 Å². The van der Waals surface area contributed by atoms with Crippen LogP contribution in [0, 0.1) is 11.3 Å². The Morgan fingerprint density at radius 3 is 2.85 bits per heavy atom. The fourth-order valence-electron chi connectivity index (χ4n) is 1.20. The summed E-state index contributed by atoms with van der Waals surface area (Å²) in [5.74, 6) is -0.177. The zero-order chi connectivity index (χ0) is 9.90. The quantitative estimate of drug-likeness (QED) is 0.679. The third-order valence-corrected chi connectivity index (χ3v) is 1.94. The van der Waals surface area contributed by atoms with Crippen LogP contribution in [0.15, 0.2) is 0 Å². The van der Waals surface area contributed by atoms with Gasteiger partial charge in [-0.3, -0.25) is 4.79 Å². The molecule has 1 aliphatic rings. The van der Waals surface area contributed by atoms with Gasteiger partial charge < -0.3 is 10.1 Å². The van der Waals surface area contributed by atoms with Gasteiger partial charge in [0.2, 0.25) is 5.91 Å². The van der Waals surface area contributed by atoms with Gasteiger partial charge in [-0.2, -0.15) is 5.26 Å². The lowest BCUT2D eigenvalue weighted by molar-refractivity contribution is -0.131. The molecule has 0 unspecified atom stereocenters. The van der Waals surface area contributed by atoms with Gasteiger partial charge in [-0.15, -0.1) is 0 Å². The summed E-state index contributed by atoms with van der Waals surface area (Å²) < 4.78 is 5.18. The Bertz CT molecular complexity index is 236. The predicted octanol–water partition coefficient (Wildman–Crippen LogP) is 0.584. The first kappa shape index (κ1) is 10.0. The molecule has 1 N–H and O–H groups in total. The topological polar surface area (TPSA) is 62.1 Å². The van der Waals surface area contributed by atoms with Crippen molar-refractivity contribution in [1.29, 1.82) is 5.26 Å². The van der Waals surface area contributed by atoms with E-state index in [0.29, 0.717) is 6.61 Å². The summed E-state index contributed by atoms with van der Waals surface area (Å²) in [5.41, 5.74) is -0.803. The number of nitrogens with one attached hydrogen (secondary N) is 1. The SMILES string of the molecule is CC(C)(C#N)NC(=O)[C@@H]1CCCO1. The number of nitriles is 1. The Balaban J connectivity index is 2.45. The molecule has 1 saturated heterocycles. The number of hydrogen-bond donors (Lipinski definition) is 1. The third-order valence-electron chi connectivity index (χ3n) is 1.94. The lowest BCUT2D eigenvalue weighted by Crippen LogP contribution is -2.46. The smallest absolute Gasteiger partial charge is 0.250 e. The molecule has 0 radical (unpaired) electrons. The molecule has 1 aliphatic heterocycles. The third kappa shape index (κ3) is 2.71. The second-order valence-corrected chi connectivity index (χ2v) is 3.73. The molecule has 0 aromatic heterocycles. The Morgan fingerprint density at radius 1 is 1.69 bits per heavy atom. The van der Waals surface area contributed by atoms with Crippen molar-refractivity contribution in [3.8, 4) is 6.07 Å². The normalized spacial score (nSPS) is 22.4. The molecule has 1 fully saturated rings. The maximum absolute atomic E-state index is 11.4. The molecule has 1 rings (SSSR count). The molecule has 0 aromatic carbocycles. The van der Waals surface area contributed by atoms with Gasteiger partial charge in [0.25, 0.3) is 0 Å². The van der Waals surface area contributed by atoms with Crippen LogP contribution in [0.3, 0.4) is 0 Å². The van der Waals surface area contributed by atoms with Crippen molar-refractivity contribution in [1.82, 2.24) is 5.32 Å². The minimum Gasteiger partial charge on any atom is -0.368 e. The van der Waals surface area contributed by atoms with E-state index in [1.165, 1.54) is 0 Å². The average Bonchev–Trinajstić information content (AvgIpc) is 2.55. The van der Waals surface area contributed by atoms with Crippen molar-refractivity contribution >= 4 is 5.91 Å². The fraction of sp³-hybridized carbons (Fsp3) is 0.778. The highest BCUT2D eigenvalue weighted by molar-refractivity contribution is 5.82. The molecule has 13 heavy (non-hydrogen) atoms. The summed E-state index contributed by atoms with van der Waals surface area (Å²) in [5, 5.41) is 11.3. The molecule has 1 atom stereocenters. The molecule has 0 spiro atoms. The molecular weight excluding hydrogens is 168 g/mol. The first-order chi connectivity index (χ1) is 6.05. The van der Waals surface area contributed by atoms with Gasteiger partial charge in [-0.05, 0) is 26.7 Å². The molecule has 1 amide bonds. The first-order valence-electron chi connectivity index (χ1n) is 4.40. The largest absolute Gasteiger partial charge is 0.368 e. The Labute approximate surface area is 77.9 Å². The number of rotatable bonds is 2. The molecule has 1 heterocycles. The van der Waals surface area contributed by atoms with Gasteiger partial charge in [-0.25, -0.2) is 0 Å². The maximum Gasteiger partial charge on any atom is 0.250 e. The second-order valence-electron chi connectivity index (χ2n) is 3.73. The average molecular weight is 182 g/mol. The standard InChI is InChI=1S/C9H14N2O2/c1-9(2,6-10)11-8(12)7-4-3-5-13-7/h7H,3-5H2,1-2H3,(H,11,12)/t7-/m0/s1. The van der Waals surface area contributed by atoms with E-state index in [4.69, 9.17) is 10.00 Å². The second kappa shape index (κ2) is 3.75. The number of nitrogens with zero attached hydrogens (tertiary/aromatic N) is 1. The van der Waals surface area contributed by atoms with E-state index in [1.54, 1.807) is 13.8 Å². The van der Waals surface area contributed by atoms with Crippen LogP contribution in [0.5, 0.6) is 0 Å². The molecule has 4 nitrogen and oxygen atoms in total. The van der Waals surface area contributed by atoms with Gasteiger partial charge >= 0.3 is 0 Å². The van der Waals surface area contributed by atoms with Gasteiger partial charge in [-0.1, -0.05) is 0 Å². The minimum absolute atomic E-state index is 0.177. The lowest BCUT2D eigenvalue weighted by Gasteiger charge is -2.19. The Kier molecular flexibility index (Phi) is 2.89. The molecule has 0 aromatic rings. The highest BCUT2D eigenvalue weighted by Gasteiger charge is 2.28. The molecule has 0 saturated carbocycles. The van der Waals surface area contributed by atoms with Crippen LogP contribution >= 0.6 is 0 Å². The van der Waals surface area contributed by atoms with Crippen molar-refractivity contribution < 1.29 is 9.53 Å². The lowest BCUT2D eigenvalue weighted by atomic mass is 10.1. The fourth-order valence-corrected chi connectivity index (χ4v) is 1.20. The van der Waals surface area contributed by atoms with Crippen LogP contribution in [0.2, 0.25) is 0 Å². The summed E-state index contributed by atoms with van der Waals surface area (Å²) in [6.45, 7) is 3.98. The van der Waals surface area contributed by atoms with E-state index in [-0.39, 0.29) is 12.0 Å². The molecule has 0 aliphatic carbocycles. The van der Waals surface area contributed by atoms with Crippen molar-refractivity contribution in [2.24, 2.45) is 0 Å². The predicted molar refractivity (Wildman–Crippen MR) is 46.8 cm³/mol. The zero-order valence-electron chi connectivity index (χ0n) is 7.96. The van der Waals surface area contributed by atoms with E-state index in [1.807, 2.05) is 6.07 Å². The van der Waals surface area contributed by atoms with Crippen LogP contribution in [-0.4, -0.2) is 24.2 Å². The molecule has 72 valence electrons. The monoisotopic (exact) mass is 182 g/mol. The van der Waals surface area contributed by atoms with E-state index in [9.17, 15) is 4.79 Å². The maximum atomic E-state index is 11.4. The van der Waals surface area contributed by atoms with Crippen LogP contribution < -0.4 is 5.32 Å². The number of carbonyl (C=O) groups excluding carboxylic acids is 1. The summed E-state index contributed by atoms with van der Waals surface area (Å²) >= 11 is 0. The highest BCUT2D eigenvalue weighted by Crippen LogP contribution is 2.13. The van der Waals surface area contributed by atoms with Crippen LogP contribution in [0.4, 0.5) is 0 Å². The summed E-state index contributed by atoms with van der Waals surface area (Å²) in [7, 11) is 0. The number of amides is 1. The van der Waals surface area contributed by atoms with Crippen molar-refractivity contribution in [3.63, 3.8) is 0 Å². The Morgan fingerprint density at radius 2 is 2.38 bits per heavy atom. The van der Waals surface area contributed by atoms with Gasteiger partial charge in [0.05, 0.1) is 6.07 Å². The van der Waals surface area contributed by atoms with E-state index >= 15 is 0 Å². The van der Waals surface area contributed by atoms with Gasteiger partial charge in [0, 0.05) is 6.61 Å². The number of carbonyl (C=O) groups is 1. The Hall–Kier alpha value is -1.08.